The SMILES string of the molecule is Cc1ccc(-c2cccc(C(=O)N(C)CCCc3nccn3C)c2)c(N)n1. The maximum absolute atomic E-state index is 12.8. The summed E-state index contributed by atoms with van der Waals surface area (Å²) in [4.78, 5) is 23.2. The Bertz CT molecular complexity index is 947. The number of hydrogen-bond donors (Lipinski definition) is 1. The van der Waals surface area contributed by atoms with Crippen molar-refractivity contribution in [2.24, 2.45) is 7.05 Å². The Kier molecular flexibility index (Phi) is 5.54. The highest BCUT2D eigenvalue weighted by Gasteiger charge is 2.13. The number of aromatic nitrogens is 3. The van der Waals surface area contributed by atoms with E-state index in [4.69, 9.17) is 5.73 Å². The van der Waals surface area contributed by atoms with Crippen molar-refractivity contribution >= 4 is 11.7 Å². The molecule has 0 aliphatic rings. The third-order valence-electron chi connectivity index (χ3n) is 4.65. The number of hydrogen-bond acceptors (Lipinski definition) is 4. The molecular formula is C21H25N5O. The molecule has 3 rings (SSSR count). The number of nitrogens with zero attached hydrogens (tertiary/aromatic N) is 4. The van der Waals surface area contributed by atoms with Gasteiger partial charge in [0.25, 0.3) is 5.91 Å². The van der Waals surface area contributed by atoms with Gasteiger partial charge in [-0.3, -0.25) is 4.79 Å². The van der Waals surface area contributed by atoms with Crippen LogP contribution in [0.25, 0.3) is 11.1 Å². The molecule has 2 heterocycles. The fourth-order valence-corrected chi connectivity index (χ4v) is 3.07. The van der Waals surface area contributed by atoms with E-state index >= 15 is 0 Å². The van der Waals surface area contributed by atoms with Crippen molar-refractivity contribution in [1.29, 1.82) is 0 Å². The monoisotopic (exact) mass is 363 g/mol. The Balaban J connectivity index is 1.68. The summed E-state index contributed by atoms with van der Waals surface area (Å²) in [6.45, 7) is 2.57. The molecule has 3 aromatic rings. The number of anilines is 1. The van der Waals surface area contributed by atoms with E-state index in [1.807, 2.05) is 68.2 Å². The number of benzene rings is 1. The lowest BCUT2D eigenvalue weighted by Gasteiger charge is -2.18. The van der Waals surface area contributed by atoms with Gasteiger partial charge in [-0.1, -0.05) is 12.1 Å². The van der Waals surface area contributed by atoms with Gasteiger partial charge in [0.15, 0.2) is 0 Å². The molecule has 0 radical (unpaired) electrons. The zero-order valence-corrected chi connectivity index (χ0v) is 16.0. The van der Waals surface area contributed by atoms with Crippen molar-refractivity contribution in [2.45, 2.75) is 19.8 Å². The second-order valence-corrected chi connectivity index (χ2v) is 6.75. The minimum atomic E-state index is -0.00432. The summed E-state index contributed by atoms with van der Waals surface area (Å²) in [7, 11) is 3.81. The number of carbonyl (C=O) groups is 1. The van der Waals surface area contributed by atoms with Crippen LogP contribution >= 0.6 is 0 Å². The van der Waals surface area contributed by atoms with Crippen LogP contribution in [0.15, 0.2) is 48.8 Å². The van der Waals surface area contributed by atoms with Crippen LogP contribution in [-0.2, 0) is 13.5 Å². The van der Waals surface area contributed by atoms with Gasteiger partial charge in [0.1, 0.15) is 11.6 Å². The Hall–Kier alpha value is -3.15. The molecule has 2 N–H and O–H groups in total. The van der Waals surface area contributed by atoms with Crippen LogP contribution in [0.2, 0.25) is 0 Å². The largest absolute Gasteiger partial charge is 0.383 e. The molecule has 0 bridgehead atoms. The van der Waals surface area contributed by atoms with Gasteiger partial charge in [0.05, 0.1) is 0 Å². The highest BCUT2D eigenvalue weighted by molar-refractivity contribution is 5.95. The fourth-order valence-electron chi connectivity index (χ4n) is 3.07. The fraction of sp³-hybridized carbons (Fsp3) is 0.286. The number of carbonyl (C=O) groups excluding carboxylic acids is 1. The average Bonchev–Trinajstić information content (AvgIpc) is 3.06. The molecule has 140 valence electrons. The maximum atomic E-state index is 12.8. The number of nitrogen functional groups attached to an aromatic ring is 1. The van der Waals surface area contributed by atoms with Crippen molar-refractivity contribution in [3.63, 3.8) is 0 Å². The smallest absolute Gasteiger partial charge is 0.253 e. The van der Waals surface area contributed by atoms with E-state index in [0.717, 1.165) is 35.5 Å². The second kappa shape index (κ2) is 8.03. The van der Waals surface area contributed by atoms with E-state index in [2.05, 4.69) is 9.97 Å². The Morgan fingerprint density at radius 1 is 1.26 bits per heavy atom. The molecule has 0 saturated heterocycles. The molecule has 1 amide bonds. The predicted molar refractivity (Wildman–Crippen MR) is 107 cm³/mol. The summed E-state index contributed by atoms with van der Waals surface area (Å²) in [6.07, 6.45) is 5.43. The number of imidazole rings is 1. The van der Waals surface area contributed by atoms with Crippen molar-refractivity contribution in [3.05, 3.63) is 65.9 Å². The van der Waals surface area contributed by atoms with E-state index in [-0.39, 0.29) is 5.91 Å². The normalized spacial score (nSPS) is 10.8. The molecule has 2 aromatic heterocycles. The average molecular weight is 363 g/mol. The molecule has 27 heavy (non-hydrogen) atoms. The third kappa shape index (κ3) is 4.34. The van der Waals surface area contributed by atoms with Gasteiger partial charge >= 0.3 is 0 Å². The van der Waals surface area contributed by atoms with Gasteiger partial charge in [-0.05, 0) is 43.2 Å². The predicted octanol–water partition coefficient (Wildman–Crippen LogP) is 3.08. The summed E-state index contributed by atoms with van der Waals surface area (Å²) < 4.78 is 2.01. The molecule has 6 heteroatoms. The molecule has 0 atom stereocenters. The second-order valence-electron chi connectivity index (χ2n) is 6.75. The van der Waals surface area contributed by atoms with Crippen molar-refractivity contribution in [1.82, 2.24) is 19.4 Å². The van der Waals surface area contributed by atoms with Crippen LogP contribution in [0, 0.1) is 6.92 Å². The molecule has 0 fully saturated rings. The third-order valence-corrected chi connectivity index (χ3v) is 4.65. The summed E-state index contributed by atoms with van der Waals surface area (Å²) >= 11 is 0. The van der Waals surface area contributed by atoms with Crippen LogP contribution in [0.3, 0.4) is 0 Å². The van der Waals surface area contributed by atoms with Crippen LogP contribution in [-0.4, -0.2) is 38.9 Å². The van der Waals surface area contributed by atoms with Crippen molar-refractivity contribution in [3.8, 4) is 11.1 Å². The van der Waals surface area contributed by atoms with Gasteiger partial charge in [0, 0.05) is 56.3 Å². The minimum Gasteiger partial charge on any atom is -0.383 e. The van der Waals surface area contributed by atoms with E-state index in [1.54, 1.807) is 11.1 Å². The zero-order valence-electron chi connectivity index (χ0n) is 16.0. The number of nitrogens with two attached hydrogens (primary N) is 1. The van der Waals surface area contributed by atoms with Crippen LogP contribution in [0.1, 0.15) is 28.3 Å². The first-order valence-corrected chi connectivity index (χ1v) is 9.01. The van der Waals surface area contributed by atoms with Crippen molar-refractivity contribution in [2.75, 3.05) is 19.3 Å². The highest BCUT2D eigenvalue weighted by Crippen LogP contribution is 2.25. The van der Waals surface area contributed by atoms with E-state index in [0.29, 0.717) is 17.9 Å². The first-order valence-electron chi connectivity index (χ1n) is 9.01. The molecule has 6 nitrogen and oxygen atoms in total. The molecule has 0 unspecified atom stereocenters. The molecular weight excluding hydrogens is 338 g/mol. The van der Waals surface area contributed by atoms with Crippen LogP contribution in [0.5, 0.6) is 0 Å². The lowest BCUT2D eigenvalue weighted by molar-refractivity contribution is 0.0793. The van der Waals surface area contributed by atoms with Gasteiger partial charge in [0.2, 0.25) is 0 Å². The summed E-state index contributed by atoms with van der Waals surface area (Å²) in [6, 6.07) is 11.4. The number of pyridine rings is 1. The maximum Gasteiger partial charge on any atom is 0.253 e. The first kappa shape index (κ1) is 18.6. The van der Waals surface area contributed by atoms with Gasteiger partial charge in [-0.15, -0.1) is 0 Å². The molecule has 0 aliphatic carbocycles. The van der Waals surface area contributed by atoms with Crippen LogP contribution < -0.4 is 5.73 Å². The standard InChI is InChI=1S/C21H25N5O/c1-15-9-10-18(20(22)24-15)16-6-4-7-17(14-16)21(27)26(3)12-5-8-19-23-11-13-25(19)2/h4,6-7,9-11,13-14H,5,8,12H2,1-3H3,(H2,22,24). The Labute approximate surface area is 159 Å². The zero-order chi connectivity index (χ0) is 19.4. The molecule has 0 spiro atoms. The van der Waals surface area contributed by atoms with Crippen LogP contribution in [0.4, 0.5) is 5.82 Å². The van der Waals surface area contributed by atoms with Gasteiger partial charge < -0.3 is 15.2 Å². The Morgan fingerprint density at radius 3 is 2.78 bits per heavy atom. The minimum absolute atomic E-state index is 0.00432. The lowest BCUT2D eigenvalue weighted by atomic mass is 10.0. The molecule has 0 aliphatic heterocycles. The first-order chi connectivity index (χ1) is 13.0. The topological polar surface area (TPSA) is 77.0 Å². The molecule has 1 aromatic carbocycles. The summed E-state index contributed by atoms with van der Waals surface area (Å²) in [5.74, 6) is 1.50. The highest BCUT2D eigenvalue weighted by atomic mass is 16.2. The van der Waals surface area contributed by atoms with Gasteiger partial charge in [-0.2, -0.15) is 0 Å². The van der Waals surface area contributed by atoms with E-state index in [1.165, 1.54) is 0 Å². The van der Waals surface area contributed by atoms with Gasteiger partial charge in [-0.25, -0.2) is 9.97 Å². The summed E-state index contributed by atoms with van der Waals surface area (Å²) in [5, 5.41) is 0. The lowest BCUT2D eigenvalue weighted by Crippen LogP contribution is -2.28. The van der Waals surface area contributed by atoms with E-state index < -0.39 is 0 Å². The quantitative estimate of drug-likeness (QED) is 0.730. The molecule has 0 saturated carbocycles. The Morgan fingerprint density at radius 2 is 2.07 bits per heavy atom. The van der Waals surface area contributed by atoms with Crippen molar-refractivity contribution < 1.29 is 4.79 Å². The summed E-state index contributed by atoms with van der Waals surface area (Å²) in [5.41, 5.74) is 9.30. The number of aryl methyl sites for hydroxylation is 3. The number of rotatable bonds is 6. The van der Waals surface area contributed by atoms with E-state index in [9.17, 15) is 4.79 Å². The number of amides is 1.